The van der Waals surface area contributed by atoms with Gasteiger partial charge in [-0.05, 0) is 0 Å². The number of oxazole rings is 1. The van der Waals surface area contributed by atoms with Gasteiger partial charge in [-0.2, -0.15) is 0 Å². The molecule has 0 atom stereocenters. The average molecular weight is 139 g/mol. The van der Waals surface area contributed by atoms with E-state index >= 15 is 0 Å². The second kappa shape index (κ2) is 3.15. The van der Waals surface area contributed by atoms with E-state index in [1.165, 1.54) is 6.26 Å². The molecular formula is C7H9NO2. The molecule has 3 nitrogen and oxygen atoms in total. The molecule has 1 heterocycles. The number of nitrogens with zero attached hydrogens (tertiary/aromatic N) is 1. The quantitative estimate of drug-likeness (QED) is 0.586. The molecule has 0 fully saturated rings. The van der Waals surface area contributed by atoms with Crippen molar-refractivity contribution in [1.82, 2.24) is 4.98 Å². The molecule has 0 bridgehead atoms. The number of hydrogen-bond acceptors (Lipinski definition) is 3. The summed E-state index contributed by atoms with van der Waals surface area (Å²) in [5.41, 5.74) is 0.715. The van der Waals surface area contributed by atoms with Crippen LogP contribution in [-0.4, -0.2) is 11.3 Å². The Hall–Kier alpha value is -1.12. The molecule has 0 saturated heterocycles. The molecule has 3 heteroatoms. The second-order valence-electron chi connectivity index (χ2n) is 1.96. The highest BCUT2D eigenvalue weighted by molar-refractivity contribution is 5.53. The third-order valence-corrected chi connectivity index (χ3v) is 1.19. The van der Waals surface area contributed by atoms with Gasteiger partial charge in [0.05, 0.1) is 5.69 Å². The van der Waals surface area contributed by atoms with Crippen LogP contribution in [0.25, 0.3) is 0 Å². The summed E-state index contributed by atoms with van der Waals surface area (Å²) < 4.78 is 5.00. The van der Waals surface area contributed by atoms with Gasteiger partial charge in [-0.3, -0.25) is 0 Å². The number of rotatable bonds is 3. The van der Waals surface area contributed by atoms with Crippen LogP contribution >= 0.6 is 0 Å². The molecule has 1 aromatic heterocycles. The highest BCUT2D eigenvalue weighted by Crippen LogP contribution is 2.01. The largest absolute Gasteiger partial charge is 0.449 e. The van der Waals surface area contributed by atoms with E-state index in [9.17, 15) is 4.79 Å². The van der Waals surface area contributed by atoms with Crippen molar-refractivity contribution in [2.45, 2.75) is 19.8 Å². The molecule has 54 valence electrons. The first kappa shape index (κ1) is 6.99. The van der Waals surface area contributed by atoms with Gasteiger partial charge in [0.1, 0.15) is 12.5 Å². The Morgan fingerprint density at radius 3 is 3.10 bits per heavy atom. The molecule has 0 aromatic carbocycles. The van der Waals surface area contributed by atoms with E-state index in [-0.39, 0.29) is 0 Å². The maximum Gasteiger partial charge on any atom is 0.193 e. The predicted octanol–water partition coefficient (Wildman–Crippen LogP) is 0.978. The van der Waals surface area contributed by atoms with Crippen LogP contribution in [0.1, 0.15) is 18.5 Å². The number of aldehydes is 1. The van der Waals surface area contributed by atoms with Gasteiger partial charge in [0.15, 0.2) is 5.89 Å². The van der Waals surface area contributed by atoms with Gasteiger partial charge < -0.3 is 9.21 Å². The Bertz CT molecular complexity index is 217. The van der Waals surface area contributed by atoms with Gasteiger partial charge in [-0.15, -0.1) is 0 Å². The van der Waals surface area contributed by atoms with E-state index in [1.54, 1.807) is 0 Å². The first-order valence-corrected chi connectivity index (χ1v) is 3.23. The zero-order valence-corrected chi connectivity index (χ0v) is 5.83. The van der Waals surface area contributed by atoms with Crippen LogP contribution in [0.2, 0.25) is 0 Å². The topological polar surface area (TPSA) is 43.1 Å². The van der Waals surface area contributed by atoms with Gasteiger partial charge >= 0.3 is 0 Å². The van der Waals surface area contributed by atoms with Crippen molar-refractivity contribution in [3.63, 3.8) is 0 Å². The lowest BCUT2D eigenvalue weighted by atomic mass is 10.4. The maximum absolute atomic E-state index is 9.99. The highest BCUT2D eigenvalue weighted by atomic mass is 16.3. The van der Waals surface area contributed by atoms with Crippen molar-refractivity contribution >= 4 is 6.29 Å². The van der Waals surface area contributed by atoms with E-state index < -0.39 is 0 Å². The monoisotopic (exact) mass is 139 g/mol. The molecule has 0 aliphatic rings. The highest BCUT2D eigenvalue weighted by Gasteiger charge is 1.98. The first-order chi connectivity index (χ1) is 4.86. The lowest BCUT2D eigenvalue weighted by Gasteiger charge is -1.80. The van der Waals surface area contributed by atoms with E-state index in [0.717, 1.165) is 12.7 Å². The molecule has 0 radical (unpaired) electrons. The minimum Gasteiger partial charge on any atom is -0.449 e. The van der Waals surface area contributed by atoms with Crippen LogP contribution in [0, 0.1) is 0 Å². The summed E-state index contributed by atoms with van der Waals surface area (Å²) in [5, 5.41) is 0. The second-order valence-corrected chi connectivity index (χ2v) is 1.96. The van der Waals surface area contributed by atoms with E-state index in [2.05, 4.69) is 4.98 Å². The summed E-state index contributed by atoms with van der Waals surface area (Å²) in [6.45, 7) is 1.95. The van der Waals surface area contributed by atoms with Crippen LogP contribution in [0.3, 0.4) is 0 Å². The summed E-state index contributed by atoms with van der Waals surface area (Å²) in [4.78, 5) is 14.0. The maximum atomic E-state index is 9.99. The zero-order valence-electron chi connectivity index (χ0n) is 5.83. The number of aryl methyl sites for hydroxylation is 1. The van der Waals surface area contributed by atoms with Gasteiger partial charge in [-0.1, -0.05) is 6.92 Å². The number of carbonyl (C=O) groups is 1. The van der Waals surface area contributed by atoms with E-state index in [0.29, 0.717) is 18.0 Å². The van der Waals surface area contributed by atoms with Crippen LogP contribution in [-0.2, 0) is 17.6 Å². The van der Waals surface area contributed by atoms with Crippen LogP contribution in [0.4, 0.5) is 0 Å². The summed E-state index contributed by atoms with van der Waals surface area (Å²) in [7, 11) is 0. The fraction of sp³-hybridized carbons (Fsp3) is 0.429. The minimum atomic E-state index is 0.351. The summed E-state index contributed by atoms with van der Waals surface area (Å²) in [5.74, 6) is 0.692. The van der Waals surface area contributed by atoms with Crippen molar-refractivity contribution in [2.24, 2.45) is 0 Å². The number of hydrogen-bond donors (Lipinski definition) is 0. The predicted molar refractivity (Wildman–Crippen MR) is 35.6 cm³/mol. The number of aromatic nitrogens is 1. The fourth-order valence-electron chi connectivity index (χ4n) is 0.690. The van der Waals surface area contributed by atoms with E-state index in [4.69, 9.17) is 4.42 Å². The van der Waals surface area contributed by atoms with E-state index in [1.807, 2.05) is 6.92 Å². The lowest BCUT2D eigenvalue weighted by molar-refractivity contribution is -0.107. The smallest absolute Gasteiger partial charge is 0.193 e. The van der Waals surface area contributed by atoms with Crippen LogP contribution in [0.5, 0.6) is 0 Å². The lowest BCUT2D eigenvalue weighted by Crippen LogP contribution is -1.86. The molecule has 0 N–H and O–H groups in total. The van der Waals surface area contributed by atoms with Crippen molar-refractivity contribution in [3.05, 3.63) is 17.8 Å². The third-order valence-electron chi connectivity index (χ3n) is 1.19. The van der Waals surface area contributed by atoms with Gasteiger partial charge in [0.25, 0.3) is 0 Å². The molecule has 10 heavy (non-hydrogen) atoms. The average Bonchev–Trinajstić information content (AvgIpc) is 2.37. The molecule has 0 unspecified atom stereocenters. The Labute approximate surface area is 59.1 Å². The Kier molecular flexibility index (Phi) is 2.20. The number of carbonyl (C=O) groups excluding carboxylic acids is 1. The molecule has 0 aliphatic carbocycles. The van der Waals surface area contributed by atoms with Crippen LogP contribution < -0.4 is 0 Å². The van der Waals surface area contributed by atoms with Gasteiger partial charge in [0.2, 0.25) is 0 Å². The molecule has 1 rings (SSSR count). The summed E-state index contributed by atoms with van der Waals surface area (Å²) in [6.07, 6.45) is 3.47. The Morgan fingerprint density at radius 1 is 1.80 bits per heavy atom. The standard InChI is InChI=1S/C7H9NO2/c1-2-7-8-6(3-4-9)5-10-7/h4-5H,2-3H2,1H3. The SMILES string of the molecule is CCc1nc(CC=O)co1. The van der Waals surface area contributed by atoms with Gasteiger partial charge in [-0.25, -0.2) is 4.98 Å². The fourth-order valence-corrected chi connectivity index (χ4v) is 0.690. The van der Waals surface area contributed by atoms with Crippen molar-refractivity contribution in [2.75, 3.05) is 0 Å². The first-order valence-electron chi connectivity index (χ1n) is 3.23. The normalized spacial score (nSPS) is 9.70. The molecule has 0 saturated carbocycles. The minimum absolute atomic E-state index is 0.351. The van der Waals surface area contributed by atoms with Crippen molar-refractivity contribution in [1.29, 1.82) is 0 Å². The van der Waals surface area contributed by atoms with Crippen molar-refractivity contribution < 1.29 is 9.21 Å². The molecule has 0 spiro atoms. The zero-order chi connectivity index (χ0) is 7.40. The van der Waals surface area contributed by atoms with Gasteiger partial charge in [0, 0.05) is 12.8 Å². The Morgan fingerprint density at radius 2 is 2.60 bits per heavy atom. The molecular weight excluding hydrogens is 130 g/mol. The Balaban J connectivity index is 2.67. The molecule has 1 aromatic rings. The molecule has 0 amide bonds. The van der Waals surface area contributed by atoms with Crippen molar-refractivity contribution in [3.8, 4) is 0 Å². The summed E-state index contributed by atoms with van der Waals surface area (Å²) >= 11 is 0. The molecule has 0 aliphatic heterocycles. The third kappa shape index (κ3) is 1.43. The van der Waals surface area contributed by atoms with Crippen LogP contribution in [0.15, 0.2) is 10.7 Å². The summed E-state index contributed by atoms with van der Waals surface area (Å²) in [6, 6.07) is 0.